The molecule has 1 aromatic heterocycles. The zero-order valence-corrected chi connectivity index (χ0v) is 10.8. The van der Waals surface area contributed by atoms with Crippen LogP contribution in [0.5, 0.6) is 0 Å². The van der Waals surface area contributed by atoms with Gasteiger partial charge in [0.15, 0.2) is 0 Å². The summed E-state index contributed by atoms with van der Waals surface area (Å²) in [5.74, 6) is 0. The minimum Gasteiger partial charge on any atom is -0.309 e. The molecule has 2 rings (SSSR count). The van der Waals surface area contributed by atoms with E-state index in [1.165, 1.54) is 22.3 Å². The van der Waals surface area contributed by atoms with Crippen LogP contribution in [-0.2, 0) is 0 Å². The van der Waals surface area contributed by atoms with Gasteiger partial charge in [-0.25, -0.2) is 0 Å². The molecule has 16 heavy (non-hydrogen) atoms. The number of aryl methyl sites for hydroxylation is 2. The fraction of sp³-hybridized carbons (Fsp3) is 0.286. The highest BCUT2D eigenvalue weighted by atomic mass is 32.1. The highest BCUT2D eigenvalue weighted by Crippen LogP contribution is 2.27. The topological polar surface area (TPSA) is 12.0 Å². The van der Waals surface area contributed by atoms with Crippen molar-refractivity contribution in [3.8, 4) is 0 Å². The van der Waals surface area contributed by atoms with Gasteiger partial charge >= 0.3 is 0 Å². The highest BCUT2D eigenvalue weighted by Gasteiger charge is 2.14. The zero-order valence-electron chi connectivity index (χ0n) is 9.95. The maximum absolute atomic E-state index is 3.39. The molecule has 0 spiro atoms. The lowest BCUT2D eigenvalue weighted by molar-refractivity contribution is 0.690. The summed E-state index contributed by atoms with van der Waals surface area (Å²) in [6.07, 6.45) is 0. The molecule has 0 radical (unpaired) electrons. The molecule has 1 heterocycles. The van der Waals surface area contributed by atoms with Crippen molar-refractivity contribution in [3.05, 3.63) is 57.3 Å². The lowest BCUT2D eigenvalue weighted by Gasteiger charge is -2.17. The van der Waals surface area contributed by atoms with Gasteiger partial charge in [0.25, 0.3) is 0 Å². The van der Waals surface area contributed by atoms with Crippen LogP contribution in [0.1, 0.15) is 28.3 Å². The van der Waals surface area contributed by atoms with Gasteiger partial charge < -0.3 is 5.32 Å². The van der Waals surface area contributed by atoms with Gasteiger partial charge in [0.05, 0.1) is 6.04 Å². The maximum Gasteiger partial charge on any atom is 0.0585 e. The van der Waals surface area contributed by atoms with E-state index in [1.807, 2.05) is 7.05 Å². The number of hydrogen-bond donors (Lipinski definition) is 1. The van der Waals surface area contributed by atoms with Gasteiger partial charge in [0, 0.05) is 0 Å². The van der Waals surface area contributed by atoms with Crippen LogP contribution in [0.4, 0.5) is 0 Å². The molecular weight excluding hydrogens is 214 g/mol. The predicted molar refractivity (Wildman–Crippen MR) is 71.1 cm³/mol. The summed E-state index contributed by atoms with van der Waals surface area (Å²) >= 11 is 1.77. The Hall–Kier alpha value is -1.12. The first kappa shape index (κ1) is 11.4. The summed E-state index contributed by atoms with van der Waals surface area (Å²) in [4.78, 5) is 0. The minimum atomic E-state index is 0.312. The smallest absolute Gasteiger partial charge is 0.0585 e. The van der Waals surface area contributed by atoms with Gasteiger partial charge in [-0.3, -0.25) is 0 Å². The van der Waals surface area contributed by atoms with Crippen molar-refractivity contribution in [3.63, 3.8) is 0 Å². The molecule has 0 amide bonds. The molecule has 0 bridgehead atoms. The lowest BCUT2D eigenvalue weighted by atomic mass is 9.98. The Morgan fingerprint density at radius 1 is 1.06 bits per heavy atom. The van der Waals surface area contributed by atoms with Gasteiger partial charge in [-0.05, 0) is 48.3 Å². The van der Waals surface area contributed by atoms with E-state index in [2.05, 4.69) is 54.2 Å². The molecule has 0 fully saturated rings. The quantitative estimate of drug-likeness (QED) is 0.850. The fourth-order valence-corrected chi connectivity index (χ4v) is 2.80. The normalized spacial score (nSPS) is 12.7. The van der Waals surface area contributed by atoms with Crippen LogP contribution < -0.4 is 5.32 Å². The number of thiophene rings is 1. The second kappa shape index (κ2) is 4.81. The zero-order chi connectivity index (χ0) is 11.5. The molecule has 1 nitrogen and oxygen atoms in total. The summed E-state index contributed by atoms with van der Waals surface area (Å²) in [6.45, 7) is 4.29. The third-order valence-electron chi connectivity index (χ3n) is 2.91. The third-order valence-corrected chi connectivity index (χ3v) is 3.79. The van der Waals surface area contributed by atoms with Gasteiger partial charge in [0.1, 0.15) is 0 Å². The van der Waals surface area contributed by atoms with Crippen LogP contribution in [0.3, 0.4) is 0 Å². The molecule has 1 unspecified atom stereocenters. The Labute approximate surface area is 101 Å². The SMILES string of the molecule is CNC(c1ccc(C)cc1)c1cscc1C. The van der Waals surface area contributed by atoms with Crippen molar-refractivity contribution in [2.45, 2.75) is 19.9 Å². The summed E-state index contributed by atoms with van der Waals surface area (Å²) < 4.78 is 0. The average molecular weight is 231 g/mol. The van der Waals surface area contributed by atoms with Crippen LogP contribution >= 0.6 is 11.3 Å². The van der Waals surface area contributed by atoms with Crippen molar-refractivity contribution >= 4 is 11.3 Å². The molecule has 84 valence electrons. The molecule has 1 N–H and O–H groups in total. The second-order valence-electron chi connectivity index (χ2n) is 4.14. The number of hydrogen-bond acceptors (Lipinski definition) is 2. The number of nitrogens with one attached hydrogen (secondary N) is 1. The second-order valence-corrected chi connectivity index (χ2v) is 4.89. The Morgan fingerprint density at radius 2 is 1.75 bits per heavy atom. The van der Waals surface area contributed by atoms with E-state index in [-0.39, 0.29) is 0 Å². The highest BCUT2D eigenvalue weighted by molar-refractivity contribution is 7.08. The molecule has 0 saturated heterocycles. The van der Waals surface area contributed by atoms with Gasteiger partial charge in [-0.15, -0.1) is 0 Å². The van der Waals surface area contributed by atoms with Crippen molar-refractivity contribution in [2.24, 2.45) is 0 Å². The Bertz CT molecular complexity index is 456. The van der Waals surface area contributed by atoms with E-state index in [0.29, 0.717) is 6.04 Å². The summed E-state index contributed by atoms with van der Waals surface area (Å²) in [5, 5.41) is 7.82. The standard InChI is InChI=1S/C14H17NS/c1-10-4-6-12(7-5-10)14(15-3)13-9-16-8-11(13)2/h4-9,14-15H,1-3H3. The molecular formula is C14H17NS. The summed E-state index contributed by atoms with van der Waals surface area (Å²) in [6, 6.07) is 9.05. The Balaban J connectivity index is 2.37. The molecule has 0 aliphatic rings. The largest absolute Gasteiger partial charge is 0.309 e. The van der Waals surface area contributed by atoms with Gasteiger partial charge in [0.2, 0.25) is 0 Å². The van der Waals surface area contributed by atoms with Crippen LogP contribution in [0.25, 0.3) is 0 Å². The van der Waals surface area contributed by atoms with E-state index >= 15 is 0 Å². The van der Waals surface area contributed by atoms with Crippen LogP contribution in [0.2, 0.25) is 0 Å². The third kappa shape index (κ3) is 2.18. The van der Waals surface area contributed by atoms with Crippen LogP contribution in [0, 0.1) is 13.8 Å². The number of benzene rings is 1. The van der Waals surface area contributed by atoms with Crippen LogP contribution in [-0.4, -0.2) is 7.05 Å². The first-order valence-electron chi connectivity index (χ1n) is 5.49. The van der Waals surface area contributed by atoms with Gasteiger partial charge in [-0.1, -0.05) is 29.8 Å². The monoisotopic (exact) mass is 231 g/mol. The first-order chi connectivity index (χ1) is 7.72. The molecule has 1 atom stereocenters. The number of rotatable bonds is 3. The van der Waals surface area contributed by atoms with E-state index in [4.69, 9.17) is 0 Å². The summed E-state index contributed by atoms with van der Waals surface area (Å²) in [5.41, 5.74) is 5.39. The molecule has 1 aromatic carbocycles. The summed E-state index contributed by atoms with van der Waals surface area (Å²) in [7, 11) is 2.02. The molecule has 0 saturated carbocycles. The lowest BCUT2D eigenvalue weighted by Crippen LogP contribution is -2.17. The molecule has 2 aromatic rings. The average Bonchev–Trinajstić information content (AvgIpc) is 2.69. The van der Waals surface area contributed by atoms with E-state index in [9.17, 15) is 0 Å². The minimum absolute atomic E-state index is 0.312. The Kier molecular flexibility index (Phi) is 3.42. The van der Waals surface area contributed by atoms with Crippen molar-refractivity contribution in [1.29, 1.82) is 0 Å². The predicted octanol–water partition coefficient (Wildman–Crippen LogP) is 3.67. The van der Waals surface area contributed by atoms with Crippen LogP contribution in [0.15, 0.2) is 35.0 Å². The van der Waals surface area contributed by atoms with E-state index in [0.717, 1.165) is 0 Å². The van der Waals surface area contributed by atoms with Crippen molar-refractivity contribution in [1.82, 2.24) is 5.32 Å². The first-order valence-corrected chi connectivity index (χ1v) is 6.43. The van der Waals surface area contributed by atoms with E-state index < -0.39 is 0 Å². The van der Waals surface area contributed by atoms with Gasteiger partial charge in [-0.2, -0.15) is 11.3 Å². The Morgan fingerprint density at radius 3 is 2.25 bits per heavy atom. The van der Waals surface area contributed by atoms with Crippen molar-refractivity contribution in [2.75, 3.05) is 7.05 Å². The fourth-order valence-electron chi connectivity index (χ4n) is 1.93. The van der Waals surface area contributed by atoms with Crippen molar-refractivity contribution < 1.29 is 0 Å². The maximum atomic E-state index is 3.39. The van der Waals surface area contributed by atoms with E-state index in [1.54, 1.807) is 11.3 Å². The molecule has 2 heteroatoms. The molecule has 0 aliphatic carbocycles. The molecule has 0 aliphatic heterocycles.